The number of methoxy groups -OCH3 is 1. The first-order valence-electron chi connectivity index (χ1n) is 18.8. The number of alkyl halides is 3. The van der Waals surface area contributed by atoms with Gasteiger partial charge in [0.05, 0.1) is 18.9 Å². The summed E-state index contributed by atoms with van der Waals surface area (Å²) in [6, 6.07) is 6.16. The van der Waals surface area contributed by atoms with Gasteiger partial charge in [-0.25, -0.2) is 13.2 Å². The van der Waals surface area contributed by atoms with Crippen LogP contribution in [0.4, 0.5) is 18.0 Å². The zero-order valence-electron chi connectivity index (χ0n) is 31.9. The Balaban J connectivity index is 1.36. The number of allylic oxidation sites excluding steroid dienone is 1. The van der Waals surface area contributed by atoms with Crippen molar-refractivity contribution >= 4 is 44.6 Å². The molecule has 4 aliphatic rings. The summed E-state index contributed by atoms with van der Waals surface area (Å²) < 4.78 is 85.5. The summed E-state index contributed by atoms with van der Waals surface area (Å²) in [6.45, 7) is 4.78. The lowest BCUT2D eigenvalue weighted by molar-refractivity contribution is -0.244. The van der Waals surface area contributed by atoms with Crippen LogP contribution in [0, 0.1) is 17.8 Å². The molecule has 2 aromatic rings. The lowest BCUT2D eigenvalue weighted by Crippen LogP contribution is -2.59. The number of aromatic nitrogens is 1. The molecule has 306 valence electrons. The summed E-state index contributed by atoms with van der Waals surface area (Å²) in [5, 5.41) is 5.81. The quantitative estimate of drug-likeness (QED) is 0.321. The molecule has 6 rings (SSSR count). The number of halogens is 3. The number of benzene rings is 1. The summed E-state index contributed by atoms with van der Waals surface area (Å²) >= 11 is 0. The zero-order valence-corrected chi connectivity index (χ0v) is 32.7. The van der Waals surface area contributed by atoms with Crippen molar-refractivity contribution in [2.75, 3.05) is 13.7 Å². The van der Waals surface area contributed by atoms with Crippen LogP contribution >= 0.6 is 0 Å². The van der Waals surface area contributed by atoms with Gasteiger partial charge in [0, 0.05) is 23.8 Å². The van der Waals surface area contributed by atoms with Crippen LogP contribution in [0.2, 0.25) is 0 Å². The molecule has 0 radical (unpaired) electrons. The number of alkyl carbamates (subject to hydrolysis) is 1. The summed E-state index contributed by atoms with van der Waals surface area (Å²) in [7, 11) is -2.54. The fourth-order valence-corrected chi connectivity index (χ4v) is 8.80. The normalized spacial score (nSPS) is 29.5. The molecule has 2 aliphatic heterocycles. The molecular formula is C38H48F3N5O9S. The second-order valence-corrected chi connectivity index (χ2v) is 17.9. The van der Waals surface area contributed by atoms with Gasteiger partial charge in [0.2, 0.25) is 39.2 Å². The van der Waals surface area contributed by atoms with E-state index in [1.54, 1.807) is 31.2 Å². The Morgan fingerprint density at radius 3 is 2.46 bits per heavy atom. The maximum absolute atomic E-state index is 14.7. The van der Waals surface area contributed by atoms with E-state index in [2.05, 4.69) is 20.3 Å². The number of amides is 4. The van der Waals surface area contributed by atoms with Gasteiger partial charge in [-0.2, -0.15) is 18.2 Å². The Morgan fingerprint density at radius 1 is 1.07 bits per heavy atom. The Bertz CT molecular complexity index is 2010. The molecule has 3 fully saturated rings. The van der Waals surface area contributed by atoms with Gasteiger partial charge in [-0.05, 0) is 75.7 Å². The van der Waals surface area contributed by atoms with Crippen LogP contribution in [0.5, 0.6) is 11.8 Å². The number of pyridine rings is 1. The lowest BCUT2D eigenvalue weighted by atomic mass is 9.88. The third-order valence-corrected chi connectivity index (χ3v) is 12.9. The molecule has 4 amide bonds. The monoisotopic (exact) mass is 807 g/mol. The van der Waals surface area contributed by atoms with Crippen molar-refractivity contribution in [2.24, 2.45) is 17.8 Å². The third-order valence-electron chi connectivity index (χ3n) is 11.1. The van der Waals surface area contributed by atoms with Gasteiger partial charge in [-0.3, -0.25) is 19.1 Å². The van der Waals surface area contributed by atoms with E-state index in [4.69, 9.17) is 14.2 Å². The third kappa shape index (κ3) is 8.69. The fourth-order valence-electron chi connectivity index (χ4n) is 7.44. The Morgan fingerprint density at radius 2 is 1.79 bits per heavy atom. The number of hydrogen-bond donors (Lipinski definition) is 3. The number of rotatable bonds is 8. The average molecular weight is 808 g/mol. The van der Waals surface area contributed by atoms with Gasteiger partial charge < -0.3 is 29.7 Å². The average Bonchev–Trinajstić information content (AvgIpc) is 4.04. The van der Waals surface area contributed by atoms with Crippen molar-refractivity contribution < 1.29 is 55.0 Å². The summed E-state index contributed by atoms with van der Waals surface area (Å²) in [4.78, 5) is 61.6. The number of nitrogens with zero attached hydrogens (tertiary/aromatic N) is 2. The van der Waals surface area contributed by atoms with Crippen molar-refractivity contribution in [1.82, 2.24) is 25.2 Å². The van der Waals surface area contributed by atoms with Crippen LogP contribution < -0.4 is 24.8 Å². The standard InChI is InChI=1S/C38H48F3N5O9S/c1-21-10-6-8-12-24-19-37(24,34(49)45-56(51,52)26-14-15-26)44-31(47)28-18-25(54-32-27-13-9-7-11-23(27)17-29(42-32)53-5)20-46(28)33(48)30(22(2)16-21)43-35(50)55-36(3,4)38(39,40)41/h7-9,11-13,17,21-22,24-26,28,30H,6,10,14-16,18-20H2,1-5H3,(H,43,50)(H,44,47)(H,45,49)/b12-8-/t21-,22+,24?,25+,28-,30-,37+/m0/s1. The molecule has 2 saturated carbocycles. The van der Waals surface area contributed by atoms with Crippen molar-refractivity contribution in [1.29, 1.82) is 0 Å². The Kier molecular flexibility index (Phi) is 11.3. The minimum Gasteiger partial charge on any atom is -0.481 e. The largest absolute Gasteiger partial charge is 0.481 e. The number of nitrogens with one attached hydrogen (secondary N) is 3. The van der Waals surface area contributed by atoms with Crippen LogP contribution in [-0.4, -0.2) is 96.5 Å². The number of carbonyl (C=O) groups is 4. The van der Waals surface area contributed by atoms with Crippen molar-refractivity contribution in [3.63, 3.8) is 0 Å². The van der Waals surface area contributed by atoms with Gasteiger partial charge in [0.1, 0.15) is 23.7 Å². The Hall–Kier alpha value is -4.61. The molecule has 3 N–H and O–H groups in total. The number of sulfonamides is 1. The van der Waals surface area contributed by atoms with Crippen molar-refractivity contribution in [2.45, 2.75) is 113 Å². The van der Waals surface area contributed by atoms with Crippen molar-refractivity contribution in [3.8, 4) is 11.8 Å². The van der Waals surface area contributed by atoms with E-state index in [-0.39, 0.29) is 37.1 Å². The minimum absolute atomic E-state index is 0.0342. The number of ether oxygens (including phenoxy) is 3. The topological polar surface area (TPSA) is 182 Å². The van der Waals surface area contributed by atoms with Gasteiger partial charge in [0.25, 0.3) is 5.91 Å². The molecule has 56 heavy (non-hydrogen) atoms. The van der Waals surface area contributed by atoms with E-state index in [1.807, 2.05) is 25.1 Å². The highest BCUT2D eigenvalue weighted by Crippen LogP contribution is 2.46. The first-order valence-corrected chi connectivity index (χ1v) is 20.3. The highest BCUT2D eigenvalue weighted by molar-refractivity contribution is 7.91. The van der Waals surface area contributed by atoms with Crippen LogP contribution in [-0.2, 0) is 29.1 Å². The van der Waals surface area contributed by atoms with Crippen LogP contribution in [0.1, 0.15) is 72.6 Å². The summed E-state index contributed by atoms with van der Waals surface area (Å²) in [6.07, 6.45) is -1.27. The van der Waals surface area contributed by atoms with Gasteiger partial charge in [0.15, 0.2) is 0 Å². The molecule has 1 saturated heterocycles. The molecule has 1 unspecified atom stereocenters. The molecule has 1 aromatic heterocycles. The second kappa shape index (κ2) is 15.4. The highest BCUT2D eigenvalue weighted by Gasteiger charge is 2.62. The molecule has 1 aromatic carbocycles. The smallest absolute Gasteiger partial charge is 0.427 e. The van der Waals surface area contributed by atoms with E-state index in [9.17, 15) is 40.8 Å². The summed E-state index contributed by atoms with van der Waals surface area (Å²) in [5.41, 5.74) is -4.51. The molecule has 18 heteroatoms. The second-order valence-electron chi connectivity index (χ2n) is 16.0. The first kappa shape index (κ1) is 41.0. The Labute approximate surface area is 323 Å². The van der Waals surface area contributed by atoms with Crippen LogP contribution in [0.15, 0.2) is 42.5 Å². The van der Waals surface area contributed by atoms with Crippen LogP contribution in [0.3, 0.4) is 0 Å². The zero-order chi connectivity index (χ0) is 40.8. The number of hydrogen-bond acceptors (Lipinski definition) is 10. The van der Waals surface area contributed by atoms with Crippen LogP contribution in [0.25, 0.3) is 10.8 Å². The number of fused-ring (bicyclic) bond motifs is 3. The minimum atomic E-state index is -4.91. The lowest BCUT2D eigenvalue weighted by Gasteiger charge is -2.34. The SMILES string of the molecule is COc1cc2ccccc2c(O[C@@H]2C[C@H]3C(=O)N[C@]4(C(=O)NS(=O)(=O)C5CC5)CC4/C=C\CC[C@H](C)C[C@@H](C)[C@H](NC(=O)OC(C)(C)C(F)(F)F)C(=O)N3C2)n1. The predicted octanol–water partition coefficient (Wildman–Crippen LogP) is 4.52. The van der Waals surface area contributed by atoms with Crippen molar-refractivity contribution in [3.05, 3.63) is 42.5 Å². The van der Waals surface area contributed by atoms with E-state index in [0.717, 1.165) is 5.39 Å². The van der Waals surface area contributed by atoms with Gasteiger partial charge in [-0.1, -0.05) is 44.2 Å². The molecule has 0 spiro atoms. The number of carbonyl (C=O) groups excluding carboxylic acids is 4. The molecule has 0 bridgehead atoms. The maximum atomic E-state index is 14.7. The van der Waals surface area contributed by atoms with E-state index in [1.165, 1.54) is 12.0 Å². The van der Waals surface area contributed by atoms with E-state index >= 15 is 0 Å². The highest BCUT2D eigenvalue weighted by atomic mass is 32.2. The van der Waals surface area contributed by atoms with E-state index < -0.39 is 86.4 Å². The first-order chi connectivity index (χ1) is 26.2. The molecular weight excluding hydrogens is 760 g/mol. The van der Waals surface area contributed by atoms with Gasteiger partial charge >= 0.3 is 12.3 Å². The molecule has 14 nitrogen and oxygen atoms in total. The molecule has 7 atom stereocenters. The predicted molar refractivity (Wildman–Crippen MR) is 197 cm³/mol. The van der Waals surface area contributed by atoms with E-state index in [0.29, 0.717) is 51.3 Å². The maximum Gasteiger partial charge on any atom is 0.427 e. The van der Waals surface area contributed by atoms with Gasteiger partial charge in [-0.15, -0.1) is 0 Å². The fraction of sp³-hybridized carbons (Fsp3) is 0.605. The summed E-state index contributed by atoms with van der Waals surface area (Å²) in [5.74, 6) is -3.25. The molecule has 3 heterocycles. The molecule has 2 aliphatic carbocycles.